The molecule has 0 aliphatic rings. The number of hydrogen-bond donors (Lipinski definition) is 1. The lowest BCUT2D eigenvalue weighted by Crippen LogP contribution is -2.47. The Labute approximate surface area is 92.2 Å². The van der Waals surface area contributed by atoms with Crippen molar-refractivity contribution < 1.29 is 14.6 Å². The number of aliphatic carboxylic acids is 1. The van der Waals surface area contributed by atoms with E-state index in [-0.39, 0.29) is 12.1 Å². The van der Waals surface area contributed by atoms with Gasteiger partial charge in [0.25, 0.3) is 0 Å². The molecule has 0 radical (unpaired) electrons. The van der Waals surface area contributed by atoms with Gasteiger partial charge in [-0.15, -0.1) is 0 Å². The molecule has 0 saturated heterocycles. The molecule has 4 nitrogen and oxygen atoms in total. The van der Waals surface area contributed by atoms with Gasteiger partial charge in [-0.2, -0.15) is 0 Å². The van der Waals surface area contributed by atoms with Gasteiger partial charge in [-0.05, 0) is 19.9 Å². The molecule has 0 aliphatic carbocycles. The number of carboxylic acids is 1. The van der Waals surface area contributed by atoms with Crippen molar-refractivity contribution in [2.45, 2.75) is 45.7 Å². The van der Waals surface area contributed by atoms with E-state index in [2.05, 4.69) is 0 Å². The minimum atomic E-state index is -0.735. The second-order valence-electron chi connectivity index (χ2n) is 3.78. The monoisotopic (exact) mass is 217 g/mol. The largest absolute Gasteiger partial charge is 0.480 e. The predicted octanol–water partition coefficient (Wildman–Crippen LogP) is 1.60. The molecule has 0 bridgehead atoms. The summed E-state index contributed by atoms with van der Waals surface area (Å²) >= 11 is 0. The van der Waals surface area contributed by atoms with Crippen LogP contribution in [-0.2, 0) is 9.53 Å². The Bertz CT molecular complexity index is 185. The Morgan fingerprint density at radius 1 is 1.47 bits per heavy atom. The van der Waals surface area contributed by atoms with Gasteiger partial charge in [0.2, 0.25) is 0 Å². The highest BCUT2D eigenvalue weighted by Gasteiger charge is 2.27. The zero-order valence-electron chi connectivity index (χ0n) is 10.2. The minimum absolute atomic E-state index is 0.146. The van der Waals surface area contributed by atoms with E-state index in [1.807, 2.05) is 25.7 Å². The van der Waals surface area contributed by atoms with E-state index in [1.54, 1.807) is 7.11 Å². The van der Waals surface area contributed by atoms with Crippen molar-refractivity contribution in [2.75, 3.05) is 20.3 Å². The summed E-state index contributed by atoms with van der Waals surface area (Å²) in [5.74, 6) is -0.735. The third-order valence-electron chi connectivity index (χ3n) is 2.59. The van der Waals surface area contributed by atoms with Crippen molar-refractivity contribution >= 4 is 5.97 Å². The number of methoxy groups -OCH3 is 1. The fraction of sp³-hybridized carbons (Fsp3) is 0.909. The van der Waals surface area contributed by atoms with Crippen LogP contribution in [0.3, 0.4) is 0 Å². The van der Waals surface area contributed by atoms with Crippen LogP contribution in [0.4, 0.5) is 0 Å². The Kier molecular flexibility index (Phi) is 7.34. The molecule has 0 fully saturated rings. The molecule has 0 amide bonds. The van der Waals surface area contributed by atoms with Crippen LogP contribution in [0, 0.1) is 0 Å². The van der Waals surface area contributed by atoms with Gasteiger partial charge < -0.3 is 9.84 Å². The van der Waals surface area contributed by atoms with Gasteiger partial charge in [-0.1, -0.05) is 20.3 Å². The van der Waals surface area contributed by atoms with Crippen LogP contribution in [0.15, 0.2) is 0 Å². The lowest BCUT2D eigenvalue weighted by molar-refractivity contribution is -0.145. The van der Waals surface area contributed by atoms with E-state index >= 15 is 0 Å². The molecule has 0 saturated carbocycles. The molecule has 90 valence electrons. The topological polar surface area (TPSA) is 49.8 Å². The molecular formula is C11H23NO3. The molecule has 0 aromatic rings. The molecule has 0 aliphatic heterocycles. The zero-order valence-corrected chi connectivity index (χ0v) is 10.2. The van der Waals surface area contributed by atoms with Crippen LogP contribution in [0.5, 0.6) is 0 Å². The molecule has 2 unspecified atom stereocenters. The SMILES string of the molecule is CCCC(C(=O)O)N(CC)C(C)COC. The fourth-order valence-electron chi connectivity index (χ4n) is 1.88. The van der Waals surface area contributed by atoms with Gasteiger partial charge in [-0.3, -0.25) is 9.69 Å². The third-order valence-corrected chi connectivity index (χ3v) is 2.59. The van der Waals surface area contributed by atoms with E-state index in [9.17, 15) is 4.79 Å². The van der Waals surface area contributed by atoms with Crippen molar-refractivity contribution in [2.24, 2.45) is 0 Å². The number of nitrogens with zero attached hydrogens (tertiary/aromatic N) is 1. The van der Waals surface area contributed by atoms with Crippen molar-refractivity contribution in [1.29, 1.82) is 0 Å². The van der Waals surface area contributed by atoms with E-state index in [4.69, 9.17) is 9.84 Å². The Balaban J connectivity index is 4.49. The van der Waals surface area contributed by atoms with E-state index in [0.29, 0.717) is 13.0 Å². The van der Waals surface area contributed by atoms with Crippen LogP contribution >= 0.6 is 0 Å². The average molecular weight is 217 g/mol. The fourth-order valence-corrected chi connectivity index (χ4v) is 1.88. The normalized spacial score (nSPS) is 15.3. The predicted molar refractivity (Wildman–Crippen MR) is 60.0 cm³/mol. The summed E-state index contributed by atoms with van der Waals surface area (Å²) in [5.41, 5.74) is 0. The van der Waals surface area contributed by atoms with Crippen LogP contribution in [0.1, 0.15) is 33.6 Å². The second kappa shape index (κ2) is 7.65. The number of hydrogen-bond acceptors (Lipinski definition) is 3. The first-order valence-corrected chi connectivity index (χ1v) is 5.55. The Morgan fingerprint density at radius 2 is 2.07 bits per heavy atom. The van der Waals surface area contributed by atoms with Gasteiger partial charge in [-0.25, -0.2) is 0 Å². The number of carbonyl (C=O) groups is 1. The number of carboxylic acid groups (broad SMARTS) is 1. The molecular weight excluding hydrogens is 194 g/mol. The molecule has 0 spiro atoms. The van der Waals surface area contributed by atoms with Crippen molar-refractivity contribution in [3.8, 4) is 0 Å². The number of ether oxygens (including phenoxy) is 1. The summed E-state index contributed by atoms with van der Waals surface area (Å²) in [4.78, 5) is 13.1. The maximum absolute atomic E-state index is 11.1. The standard InChI is InChI=1S/C11H23NO3/c1-5-7-10(11(13)14)12(6-2)9(3)8-15-4/h9-10H,5-8H2,1-4H3,(H,13,14). The highest BCUT2D eigenvalue weighted by atomic mass is 16.5. The minimum Gasteiger partial charge on any atom is -0.480 e. The second-order valence-corrected chi connectivity index (χ2v) is 3.78. The maximum atomic E-state index is 11.1. The Morgan fingerprint density at radius 3 is 2.40 bits per heavy atom. The van der Waals surface area contributed by atoms with Crippen molar-refractivity contribution in [3.05, 3.63) is 0 Å². The number of rotatable bonds is 8. The molecule has 0 aromatic carbocycles. The smallest absolute Gasteiger partial charge is 0.320 e. The summed E-state index contributed by atoms with van der Waals surface area (Å²) < 4.78 is 5.06. The zero-order chi connectivity index (χ0) is 11.8. The lowest BCUT2D eigenvalue weighted by Gasteiger charge is -2.32. The van der Waals surface area contributed by atoms with Gasteiger partial charge in [0.05, 0.1) is 6.61 Å². The third kappa shape index (κ3) is 4.62. The van der Waals surface area contributed by atoms with Crippen molar-refractivity contribution in [1.82, 2.24) is 4.90 Å². The lowest BCUT2D eigenvalue weighted by atomic mass is 10.1. The summed E-state index contributed by atoms with van der Waals surface area (Å²) in [6.07, 6.45) is 1.57. The highest BCUT2D eigenvalue weighted by molar-refractivity contribution is 5.73. The summed E-state index contributed by atoms with van der Waals surface area (Å²) in [6, 6.07) is -0.238. The maximum Gasteiger partial charge on any atom is 0.320 e. The van der Waals surface area contributed by atoms with Crippen LogP contribution < -0.4 is 0 Å². The Hall–Kier alpha value is -0.610. The summed E-state index contributed by atoms with van der Waals surface area (Å²) in [7, 11) is 1.64. The van der Waals surface area contributed by atoms with Gasteiger partial charge in [0, 0.05) is 13.2 Å². The van der Waals surface area contributed by atoms with Gasteiger partial charge in [0.1, 0.15) is 6.04 Å². The molecule has 1 N–H and O–H groups in total. The first-order valence-electron chi connectivity index (χ1n) is 5.55. The van der Waals surface area contributed by atoms with Crippen LogP contribution in [0.2, 0.25) is 0 Å². The molecule has 0 rings (SSSR count). The molecule has 0 aromatic heterocycles. The average Bonchev–Trinajstić information content (AvgIpc) is 2.18. The van der Waals surface area contributed by atoms with Gasteiger partial charge in [0.15, 0.2) is 0 Å². The van der Waals surface area contributed by atoms with Crippen LogP contribution in [-0.4, -0.2) is 48.3 Å². The number of likely N-dealkylation sites (N-methyl/N-ethyl adjacent to an activating group) is 1. The molecule has 15 heavy (non-hydrogen) atoms. The summed E-state index contributed by atoms with van der Waals surface area (Å²) in [5, 5.41) is 9.14. The molecule has 2 atom stereocenters. The van der Waals surface area contributed by atoms with E-state index in [0.717, 1.165) is 13.0 Å². The van der Waals surface area contributed by atoms with Crippen molar-refractivity contribution in [3.63, 3.8) is 0 Å². The van der Waals surface area contributed by atoms with Gasteiger partial charge >= 0.3 is 5.97 Å². The summed E-state index contributed by atoms with van der Waals surface area (Å²) in [6.45, 7) is 7.30. The first-order chi connectivity index (χ1) is 7.08. The highest BCUT2D eigenvalue weighted by Crippen LogP contribution is 2.11. The quantitative estimate of drug-likeness (QED) is 0.671. The van der Waals surface area contributed by atoms with E-state index < -0.39 is 5.97 Å². The molecule has 4 heteroatoms. The van der Waals surface area contributed by atoms with Crippen LogP contribution in [0.25, 0.3) is 0 Å². The first kappa shape index (κ1) is 14.4. The van der Waals surface area contributed by atoms with E-state index in [1.165, 1.54) is 0 Å². The molecule has 0 heterocycles.